The predicted octanol–water partition coefficient (Wildman–Crippen LogP) is 4.77. The van der Waals surface area contributed by atoms with Gasteiger partial charge in [-0.1, -0.05) is 96.8 Å². The van der Waals surface area contributed by atoms with Crippen molar-refractivity contribution in [2.75, 3.05) is 6.61 Å². The Morgan fingerprint density at radius 3 is 1.47 bits per heavy atom. The van der Waals surface area contributed by atoms with E-state index in [-0.39, 0.29) is 5.78 Å². The number of aliphatic carboxylic acids is 1. The molecular weight excluding hydrogens is 452 g/mol. The van der Waals surface area contributed by atoms with Gasteiger partial charge in [-0.15, -0.1) is 0 Å². The van der Waals surface area contributed by atoms with Gasteiger partial charge in [-0.05, 0) is 12.5 Å². The van der Waals surface area contributed by atoms with Gasteiger partial charge >= 0.3 is 41.3 Å². The van der Waals surface area contributed by atoms with E-state index >= 15 is 0 Å². The molecular formula is C23H42O8Ti. The van der Waals surface area contributed by atoms with E-state index in [0.29, 0.717) is 6.42 Å². The van der Waals surface area contributed by atoms with Crippen LogP contribution in [0, 0.1) is 0 Å². The summed E-state index contributed by atoms with van der Waals surface area (Å²) in [5.74, 6) is -2.14. The third-order valence-corrected chi connectivity index (χ3v) is 4.77. The number of carboxylic acid groups (broad SMARTS) is 1. The number of ether oxygens (including phenoxy) is 1. The van der Waals surface area contributed by atoms with E-state index in [9.17, 15) is 14.4 Å². The Hall–Kier alpha value is -1.22. The van der Waals surface area contributed by atoms with Crippen molar-refractivity contribution in [3.8, 4) is 0 Å². The second kappa shape index (κ2) is 26.0. The maximum atomic E-state index is 11.6. The van der Waals surface area contributed by atoms with E-state index in [1.54, 1.807) is 0 Å². The number of ketones is 1. The molecule has 0 unspecified atom stereocenters. The average Bonchev–Trinajstić information content (AvgIpc) is 2.73. The summed E-state index contributed by atoms with van der Waals surface area (Å²) in [5, 5.41) is 8.37. The minimum atomic E-state index is -3.58. The van der Waals surface area contributed by atoms with Crippen molar-refractivity contribution in [2.24, 2.45) is 0 Å². The number of carbonyl (C=O) groups is 3. The van der Waals surface area contributed by atoms with Crippen LogP contribution in [0.1, 0.15) is 110 Å². The van der Waals surface area contributed by atoms with E-state index in [1.165, 1.54) is 83.1 Å². The van der Waals surface area contributed by atoms with Crippen molar-refractivity contribution in [3.63, 3.8) is 0 Å². The fraction of sp³-hybridized carbons (Fsp3) is 0.783. The molecule has 0 aromatic heterocycles. The summed E-state index contributed by atoms with van der Waals surface area (Å²) in [7, 11) is 0. The fourth-order valence-electron chi connectivity index (χ4n) is 3.10. The van der Waals surface area contributed by atoms with Crippen LogP contribution in [0.25, 0.3) is 0 Å². The SMILES string of the molecule is CCCCCCCCCCCCCCCCCC(=O)C=CC(=O)OCC(=O)O.[O]=[Ti]([OH])[OH]. The van der Waals surface area contributed by atoms with Gasteiger partial charge in [0.05, 0.1) is 0 Å². The van der Waals surface area contributed by atoms with Gasteiger partial charge in [-0.2, -0.15) is 0 Å². The number of esters is 1. The summed E-state index contributed by atoms with van der Waals surface area (Å²) in [6.07, 6.45) is 21.8. The fourth-order valence-corrected chi connectivity index (χ4v) is 3.10. The number of allylic oxidation sites excluding steroid dienone is 1. The topological polar surface area (TPSA) is 138 Å². The summed E-state index contributed by atoms with van der Waals surface area (Å²) in [6.45, 7) is 1.57. The Balaban J connectivity index is 0. The molecule has 9 heteroatoms. The zero-order valence-corrected chi connectivity index (χ0v) is 21.1. The first-order chi connectivity index (χ1) is 15.3. The monoisotopic (exact) mass is 494 g/mol. The van der Waals surface area contributed by atoms with Crippen LogP contribution in [0.2, 0.25) is 0 Å². The molecule has 0 atom stereocenters. The van der Waals surface area contributed by atoms with Gasteiger partial charge in [0.2, 0.25) is 0 Å². The van der Waals surface area contributed by atoms with E-state index in [0.717, 1.165) is 25.3 Å². The summed E-state index contributed by atoms with van der Waals surface area (Å²) >= 11 is -3.58. The quantitative estimate of drug-likeness (QED) is 0.0953. The number of unbranched alkanes of at least 4 members (excludes halogenated alkanes) is 14. The molecule has 0 rings (SSSR count). The first kappa shape index (κ1) is 33.0. The van der Waals surface area contributed by atoms with E-state index in [2.05, 4.69) is 11.7 Å². The summed E-state index contributed by atoms with van der Waals surface area (Å²) in [6, 6.07) is 0. The molecule has 0 heterocycles. The minimum absolute atomic E-state index is 0.123. The molecule has 0 saturated heterocycles. The molecule has 0 saturated carbocycles. The Bertz CT molecular complexity index is 530. The molecule has 0 aromatic rings. The Morgan fingerprint density at radius 1 is 0.719 bits per heavy atom. The van der Waals surface area contributed by atoms with Gasteiger partial charge in [0, 0.05) is 12.5 Å². The van der Waals surface area contributed by atoms with E-state index < -0.39 is 37.2 Å². The van der Waals surface area contributed by atoms with Crippen molar-refractivity contribution in [2.45, 2.75) is 110 Å². The second-order valence-electron chi connectivity index (χ2n) is 7.78. The molecule has 0 bridgehead atoms. The maximum absolute atomic E-state index is 11.6. The van der Waals surface area contributed by atoms with Crippen LogP contribution in [0.3, 0.4) is 0 Å². The van der Waals surface area contributed by atoms with Gasteiger partial charge in [-0.3, -0.25) is 4.79 Å². The predicted molar refractivity (Wildman–Crippen MR) is 117 cm³/mol. The molecule has 0 aromatic carbocycles. The van der Waals surface area contributed by atoms with Crippen LogP contribution in [0.5, 0.6) is 0 Å². The third kappa shape index (κ3) is 33.4. The molecule has 0 spiro atoms. The van der Waals surface area contributed by atoms with Gasteiger partial charge in [0.25, 0.3) is 0 Å². The molecule has 0 fully saturated rings. The van der Waals surface area contributed by atoms with Crippen molar-refractivity contribution in [3.05, 3.63) is 12.2 Å². The van der Waals surface area contributed by atoms with Gasteiger partial charge in [0.1, 0.15) is 0 Å². The van der Waals surface area contributed by atoms with Crippen LogP contribution in [0.4, 0.5) is 0 Å². The molecule has 0 aliphatic heterocycles. The molecule has 3 N–H and O–H groups in total. The number of hydrogen-bond acceptors (Lipinski definition) is 5. The molecule has 32 heavy (non-hydrogen) atoms. The van der Waals surface area contributed by atoms with E-state index in [1.807, 2.05) is 0 Å². The van der Waals surface area contributed by atoms with Crippen LogP contribution < -0.4 is 0 Å². The van der Waals surface area contributed by atoms with Crippen LogP contribution >= 0.6 is 0 Å². The zero-order valence-electron chi connectivity index (χ0n) is 19.6. The normalized spacial score (nSPS) is 10.5. The molecule has 0 aliphatic rings. The van der Waals surface area contributed by atoms with Gasteiger partial charge in [0.15, 0.2) is 12.4 Å². The van der Waals surface area contributed by atoms with Crippen molar-refractivity contribution < 1.29 is 53.5 Å². The van der Waals surface area contributed by atoms with Crippen LogP contribution in [0.15, 0.2) is 12.2 Å². The first-order valence-corrected chi connectivity index (χ1v) is 13.8. The standard InChI is InChI=1S/C23H40O5.2H2O.O.Ti/c1-2-3-4-5-6-7-8-9-10-11-12-13-14-15-16-17-21(24)18-19-23(27)28-20-22(25)26;;;;/h18-19H,2-17,20H2,1H3,(H,25,26);2*1H2;;/q;;;;+2/p-2. The van der Waals surface area contributed by atoms with Gasteiger partial charge < -0.3 is 9.84 Å². The van der Waals surface area contributed by atoms with Crippen molar-refractivity contribution in [1.82, 2.24) is 0 Å². The molecule has 0 amide bonds. The molecule has 0 radical (unpaired) electrons. The average molecular weight is 494 g/mol. The molecule has 8 nitrogen and oxygen atoms in total. The Labute approximate surface area is 199 Å². The summed E-state index contributed by atoms with van der Waals surface area (Å²) < 4.78 is 27.7. The molecule has 186 valence electrons. The van der Waals surface area contributed by atoms with Crippen molar-refractivity contribution >= 4 is 17.7 Å². The van der Waals surface area contributed by atoms with Crippen LogP contribution in [-0.4, -0.2) is 36.8 Å². The second-order valence-corrected chi connectivity index (χ2v) is 8.67. The number of hydrogen-bond donors (Lipinski definition) is 3. The third-order valence-electron chi connectivity index (χ3n) is 4.77. The Kier molecular flexibility index (Phi) is 26.8. The van der Waals surface area contributed by atoms with Crippen molar-refractivity contribution in [1.29, 1.82) is 0 Å². The number of carboxylic acids is 1. The van der Waals surface area contributed by atoms with E-state index in [4.69, 9.17) is 15.8 Å². The number of carbonyl (C=O) groups excluding carboxylic acids is 2. The number of rotatable bonds is 20. The molecule has 0 aliphatic carbocycles. The van der Waals surface area contributed by atoms with Gasteiger partial charge in [-0.25, -0.2) is 9.59 Å². The first-order valence-electron chi connectivity index (χ1n) is 11.8. The zero-order chi connectivity index (χ0) is 24.5. The van der Waals surface area contributed by atoms with Crippen LogP contribution in [-0.2, 0) is 41.1 Å². The summed E-state index contributed by atoms with van der Waals surface area (Å²) in [5.41, 5.74) is 0. The Morgan fingerprint density at radius 2 is 1.09 bits per heavy atom. The summed E-state index contributed by atoms with van der Waals surface area (Å²) in [4.78, 5) is 33.0.